The van der Waals surface area contributed by atoms with Gasteiger partial charge in [0.15, 0.2) is 9.84 Å². The van der Waals surface area contributed by atoms with Crippen LogP contribution in [0.25, 0.3) is 0 Å². The molecule has 0 saturated carbocycles. The second kappa shape index (κ2) is 5.86. The first-order valence-electron chi connectivity index (χ1n) is 5.87. The Bertz CT molecular complexity index is 910. The van der Waals surface area contributed by atoms with Crippen molar-refractivity contribution < 1.29 is 21.2 Å². The van der Waals surface area contributed by atoms with Gasteiger partial charge < -0.3 is 0 Å². The van der Waals surface area contributed by atoms with Crippen LogP contribution in [-0.4, -0.2) is 23.1 Å². The van der Waals surface area contributed by atoms with Gasteiger partial charge in [-0.2, -0.15) is 0 Å². The highest BCUT2D eigenvalue weighted by Gasteiger charge is 2.16. The predicted octanol–water partition coefficient (Wildman–Crippen LogP) is 2.68. The van der Waals surface area contributed by atoms with Gasteiger partial charge in [-0.3, -0.25) is 4.72 Å². The molecule has 0 fully saturated rings. The second-order valence-electron chi connectivity index (χ2n) is 4.48. The summed E-state index contributed by atoms with van der Waals surface area (Å²) in [6.07, 6.45) is 1.05. The van der Waals surface area contributed by atoms with Crippen molar-refractivity contribution in [3.63, 3.8) is 0 Å². The van der Waals surface area contributed by atoms with Gasteiger partial charge in [0.2, 0.25) is 0 Å². The molecule has 0 unspecified atom stereocenters. The van der Waals surface area contributed by atoms with Crippen molar-refractivity contribution >= 4 is 37.1 Å². The average molecular weight is 364 g/mol. The van der Waals surface area contributed by atoms with E-state index in [0.717, 1.165) is 24.5 Å². The molecule has 0 saturated heterocycles. The van der Waals surface area contributed by atoms with Gasteiger partial charge >= 0.3 is 0 Å². The molecule has 0 aliphatic rings. The summed E-state index contributed by atoms with van der Waals surface area (Å²) in [6, 6.07) is 8.22. The predicted molar refractivity (Wildman–Crippen MR) is 81.8 cm³/mol. The van der Waals surface area contributed by atoms with Crippen molar-refractivity contribution in [1.82, 2.24) is 0 Å². The number of sulfone groups is 1. The molecule has 118 valence electrons. The van der Waals surface area contributed by atoms with Gasteiger partial charge in [0.05, 0.1) is 14.8 Å². The van der Waals surface area contributed by atoms with Gasteiger partial charge in [0, 0.05) is 11.9 Å². The summed E-state index contributed by atoms with van der Waals surface area (Å²) in [5.74, 6) is -0.724. The first kappa shape index (κ1) is 16.7. The third kappa shape index (κ3) is 3.76. The molecule has 22 heavy (non-hydrogen) atoms. The molecule has 0 bridgehead atoms. The minimum absolute atomic E-state index is 0.0697. The zero-order valence-corrected chi connectivity index (χ0v) is 13.6. The number of sulfonamides is 1. The summed E-state index contributed by atoms with van der Waals surface area (Å²) in [7, 11) is -7.31. The summed E-state index contributed by atoms with van der Waals surface area (Å²) in [6.45, 7) is 0. The molecular formula is C13H11ClFNO4S2. The molecule has 0 aliphatic carbocycles. The Morgan fingerprint density at radius 1 is 0.955 bits per heavy atom. The molecule has 9 heteroatoms. The second-order valence-corrected chi connectivity index (χ2v) is 8.58. The minimum atomic E-state index is -3.95. The standard InChI is InChI=1S/C13H11ClFNO4S2/c1-21(17,18)10-4-2-9(3-5-10)16-22(19,20)11-6-7-13(15)12(14)8-11/h2-8,16H,1H3. The van der Waals surface area contributed by atoms with Crippen molar-refractivity contribution in [2.24, 2.45) is 0 Å². The zero-order chi connectivity index (χ0) is 16.5. The molecule has 0 spiro atoms. The van der Waals surface area contributed by atoms with Crippen LogP contribution in [0, 0.1) is 5.82 Å². The third-order valence-corrected chi connectivity index (χ3v) is 5.53. The fourth-order valence-corrected chi connectivity index (χ4v) is 3.59. The zero-order valence-electron chi connectivity index (χ0n) is 11.2. The number of rotatable bonds is 4. The number of hydrogen-bond donors (Lipinski definition) is 1. The Morgan fingerprint density at radius 2 is 1.50 bits per heavy atom. The van der Waals surface area contributed by atoms with E-state index < -0.39 is 25.7 Å². The van der Waals surface area contributed by atoms with Gasteiger partial charge in [-0.1, -0.05) is 11.6 Å². The fraction of sp³-hybridized carbons (Fsp3) is 0.0769. The Labute approximate surface area is 132 Å². The highest BCUT2D eigenvalue weighted by Crippen LogP contribution is 2.22. The number of nitrogens with one attached hydrogen (secondary N) is 1. The van der Waals surface area contributed by atoms with Crippen LogP contribution in [0.15, 0.2) is 52.3 Å². The topological polar surface area (TPSA) is 80.3 Å². The molecule has 5 nitrogen and oxygen atoms in total. The Balaban J connectivity index is 2.30. The van der Waals surface area contributed by atoms with Gasteiger partial charge in [0.25, 0.3) is 10.0 Å². The number of anilines is 1. The number of benzene rings is 2. The first-order valence-corrected chi connectivity index (χ1v) is 9.63. The molecule has 2 rings (SSSR count). The first-order chi connectivity index (χ1) is 10.1. The monoisotopic (exact) mass is 363 g/mol. The van der Waals surface area contributed by atoms with E-state index in [1.807, 2.05) is 0 Å². The summed E-state index contributed by atoms with van der Waals surface area (Å²) in [4.78, 5) is -0.133. The van der Waals surface area contributed by atoms with Crippen molar-refractivity contribution in [2.75, 3.05) is 11.0 Å². The summed E-state index contributed by atoms with van der Waals surface area (Å²) >= 11 is 5.56. The fourth-order valence-electron chi connectivity index (χ4n) is 1.63. The maximum absolute atomic E-state index is 13.1. The van der Waals surface area contributed by atoms with Crippen LogP contribution in [-0.2, 0) is 19.9 Å². The van der Waals surface area contributed by atoms with E-state index in [-0.39, 0.29) is 20.5 Å². The van der Waals surface area contributed by atoms with E-state index >= 15 is 0 Å². The van der Waals surface area contributed by atoms with Crippen molar-refractivity contribution in [3.8, 4) is 0 Å². The van der Waals surface area contributed by atoms with Gasteiger partial charge in [0.1, 0.15) is 5.82 Å². The smallest absolute Gasteiger partial charge is 0.261 e. The average Bonchev–Trinajstić information content (AvgIpc) is 2.41. The van der Waals surface area contributed by atoms with E-state index in [4.69, 9.17) is 11.6 Å². The lowest BCUT2D eigenvalue weighted by atomic mass is 10.3. The van der Waals surface area contributed by atoms with Crippen molar-refractivity contribution in [3.05, 3.63) is 53.3 Å². The maximum atomic E-state index is 13.1. The van der Waals surface area contributed by atoms with Crippen LogP contribution >= 0.6 is 11.6 Å². The normalized spacial score (nSPS) is 12.1. The van der Waals surface area contributed by atoms with Crippen LogP contribution in [0.4, 0.5) is 10.1 Å². The van der Waals surface area contributed by atoms with Crippen molar-refractivity contribution in [2.45, 2.75) is 9.79 Å². The van der Waals surface area contributed by atoms with Crippen LogP contribution in [0.3, 0.4) is 0 Å². The highest BCUT2D eigenvalue weighted by molar-refractivity contribution is 7.92. The number of hydrogen-bond acceptors (Lipinski definition) is 4. The molecule has 0 heterocycles. The summed E-state index contributed by atoms with van der Waals surface area (Å²) < 4.78 is 62.3. The van der Waals surface area contributed by atoms with Crippen LogP contribution in [0.2, 0.25) is 5.02 Å². The van der Waals surface area contributed by atoms with E-state index in [1.54, 1.807) is 0 Å². The molecule has 0 atom stereocenters. The van der Waals surface area contributed by atoms with Gasteiger partial charge in [-0.15, -0.1) is 0 Å². The molecule has 0 aromatic heterocycles. The van der Waals surface area contributed by atoms with Gasteiger partial charge in [-0.25, -0.2) is 21.2 Å². The Hall–Kier alpha value is -1.64. The number of halogens is 2. The van der Waals surface area contributed by atoms with E-state index in [2.05, 4.69) is 4.72 Å². The lowest BCUT2D eigenvalue weighted by molar-refractivity contribution is 0.599. The third-order valence-electron chi connectivity index (χ3n) is 2.74. The molecular weight excluding hydrogens is 353 g/mol. The molecule has 2 aromatic carbocycles. The maximum Gasteiger partial charge on any atom is 0.261 e. The molecule has 0 radical (unpaired) electrons. The Kier molecular flexibility index (Phi) is 4.46. The van der Waals surface area contributed by atoms with Crippen LogP contribution in [0.1, 0.15) is 0 Å². The molecule has 2 aromatic rings. The molecule has 1 N–H and O–H groups in total. The highest BCUT2D eigenvalue weighted by atomic mass is 35.5. The lowest BCUT2D eigenvalue weighted by Crippen LogP contribution is -2.13. The quantitative estimate of drug-likeness (QED) is 0.905. The van der Waals surface area contributed by atoms with Gasteiger partial charge in [-0.05, 0) is 42.5 Å². The Morgan fingerprint density at radius 3 is 2.00 bits per heavy atom. The lowest BCUT2D eigenvalue weighted by Gasteiger charge is -2.09. The van der Waals surface area contributed by atoms with E-state index in [0.29, 0.717) is 0 Å². The SMILES string of the molecule is CS(=O)(=O)c1ccc(NS(=O)(=O)c2ccc(F)c(Cl)c2)cc1. The molecule has 0 aliphatic heterocycles. The van der Waals surface area contributed by atoms with Crippen LogP contribution in [0.5, 0.6) is 0 Å². The van der Waals surface area contributed by atoms with Crippen LogP contribution < -0.4 is 4.72 Å². The summed E-state index contributed by atoms with van der Waals surface area (Å²) in [5.41, 5.74) is 0.174. The van der Waals surface area contributed by atoms with E-state index in [9.17, 15) is 21.2 Å². The van der Waals surface area contributed by atoms with Crippen molar-refractivity contribution in [1.29, 1.82) is 0 Å². The molecule has 0 amide bonds. The summed E-state index contributed by atoms with van der Waals surface area (Å²) in [5, 5.41) is -0.310. The largest absolute Gasteiger partial charge is 0.280 e. The van der Waals surface area contributed by atoms with E-state index in [1.165, 1.54) is 24.3 Å². The minimum Gasteiger partial charge on any atom is -0.280 e.